The topological polar surface area (TPSA) is 37.4 Å². The predicted molar refractivity (Wildman–Crippen MR) is 53.0 cm³/mol. The Morgan fingerprint density at radius 3 is 2.33 bits per heavy atom. The Hall–Kier alpha value is 0.260. The monoisotopic (exact) mass is 209 g/mol. The maximum atomic E-state index is 11.2. The van der Waals surface area contributed by atoms with Crippen molar-refractivity contribution < 1.29 is 8.42 Å². The van der Waals surface area contributed by atoms with E-state index in [0.717, 1.165) is 5.75 Å². The number of sulfonamides is 1. The van der Waals surface area contributed by atoms with Crippen molar-refractivity contribution in [2.45, 2.75) is 18.6 Å². The standard InChI is InChI=1S/C7H15NO2S2/c1-7(2)6-8(4-5-11-7)12(3,9)10/h4-6H2,1-3H3. The second kappa shape index (κ2) is 3.20. The number of thioether (sulfide) groups is 1. The van der Waals surface area contributed by atoms with Crippen LogP contribution in [0.15, 0.2) is 0 Å². The van der Waals surface area contributed by atoms with E-state index in [0.29, 0.717) is 13.1 Å². The van der Waals surface area contributed by atoms with Crippen LogP contribution in [0, 0.1) is 0 Å². The Kier molecular flexibility index (Phi) is 2.75. The van der Waals surface area contributed by atoms with Crippen LogP contribution in [0.4, 0.5) is 0 Å². The maximum absolute atomic E-state index is 11.2. The molecule has 72 valence electrons. The van der Waals surface area contributed by atoms with Crippen molar-refractivity contribution >= 4 is 21.8 Å². The molecule has 0 atom stereocenters. The molecule has 5 heteroatoms. The molecule has 1 heterocycles. The summed E-state index contributed by atoms with van der Waals surface area (Å²) in [5.74, 6) is 0.903. The van der Waals surface area contributed by atoms with Crippen LogP contribution in [0.1, 0.15) is 13.8 Å². The van der Waals surface area contributed by atoms with Crippen molar-refractivity contribution in [1.29, 1.82) is 0 Å². The minimum Gasteiger partial charge on any atom is -0.213 e. The number of rotatable bonds is 1. The molecule has 0 aromatic carbocycles. The summed E-state index contributed by atoms with van der Waals surface area (Å²) in [6, 6.07) is 0. The first kappa shape index (κ1) is 10.3. The summed E-state index contributed by atoms with van der Waals surface area (Å²) in [5, 5.41) is 0. The van der Waals surface area contributed by atoms with Gasteiger partial charge in [-0.1, -0.05) is 0 Å². The van der Waals surface area contributed by atoms with Gasteiger partial charge in [-0.2, -0.15) is 16.1 Å². The SMILES string of the molecule is CC1(C)CN(S(C)(=O)=O)CCS1. The summed E-state index contributed by atoms with van der Waals surface area (Å²) in [5.41, 5.74) is 0. The lowest BCUT2D eigenvalue weighted by atomic mass is 10.2. The van der Waals surface area contributed by atoms with Crippen molar-refractivity contribution in [3.63, 3.8) is 0 Å². The lowest BCUT2D eigenvalue weighted by molar-refractivity contribution is 0.391. The minimum atomic E-state index is -2.98. The molecule has 1 rings (SSSR count). The highest BCUT2D eigenvalue weighted by Crippen LogP contribution is 2.30. The van der Waals surface area contributed by atoms with E-state index in [9.17, 15) is 8.42 Å². The van der Waals surface area contributed by atoms with Gasteiger partial charge >= 0.3 is 0 Å². The van der Waals surface area contributed by atoms with Gasteiger partial charge in [0.2, 0.25) is 10.0 Å². The lowest BCUT2D eigenvalue weighted by Gasteiger charge is -2.35. The summed E-state index contributed by atoms with van der Waals surface area (Å²) < 4.78 is 24.0. The van der Waals surface area contributed by atoms with E-state index in [1.165, 1.54) is 6.26 Å². The zero-order valence-corrected chi connectivity index (χ0v) is 9.33. The fourth-order valence-corrected chi connectivity index (χ4v) is 3.55. The molecule has 0 bridgehead atoms. The zero-order chi connectivity index (χ0) is 9.41. The average Bonchev–Trinajstić information content (AvgIpc) is 1.83. The largest absolute Gasteiger partial charge is 0.213 e. The van der Waals surface area contributed by atoms with Gasteiger partial charge < -0.3 is 0 Å². The fraction of sp³-hybridized carbons (Fsp3) is 1.00. The van der Waals surface area contributed by atoms with Crippen LogP contribution in [0.25, 0.3) is 0 Å². The molecular formula is C7H15NO2S2. The van der Waals surface area contributed by atoms with Crippen LogP contribution < -0.4 is 0 Å². The molecule has 12 heavy (non-hydrogen) atoms. The minimum absolute atomic E-state index is 0.0708. The van der Waals surface area contributed by atoms with Crippen molar-refractivity contribution in [3.05, 3.63) is 0 Å². The molecule has 0 spiro atoms. The van der Waals surface area contributed by atoms with E-state index in [2.05, 4.69) is 13.8 Å². The van der Waals surface area contributed by atoms with Gasteiger partial charge in [0, 0.05) is 23.6 Å². The van der Waals surface area contributed by atoms with Crippen LogP contribution in [0.3, 0.4) is 0 Å². The molecule has 0 aliphatic carbocycles. The molecule has 1 saturated heterocycles. The molecule has 0 aromatic rings. The Balaban J connectivity index is 2.71. The fourth-order valence-electron chi connectivity index (χ4n) is 1.26. The molecule has 0 amide bonds. The summed E-state index contributed by atoms with van der Waals surface area (Å²) in [6.45, 7) is 5.45. The molecule has 1 aliphatic rings. The van der Waals surface area contributed by atoms with Crippen LogP contribution in [0.2, 0.25) is 0 Å². The van der Waals surface area contributed by atoms with Gasteiger partial charge in [-0.3, -0.25) is 0 Å². The number of hydrogen-bond donors (Lipinski definition) is 0. The third kappa shape index (κ3) is 2.64. The van der Waals surface area contributed by atoms with Gasteiger partial charge in [0.05, 0.1) is 6.26 Å². The number of nitrogens with zero attached hydrogens (tertiary/aromatic N) is 1. The van der Waals surface area contributed by atoms with E-state index < -0.39 is 10.0 Å². The quantitative estimate of drug-likeness (QED) is 0.640. The first-order valence-electron chi connectivity index (χ1n) is 3.90. The van der Waals surface area contributed by atoms with Gasteiger partial charge in [-0.15, -0.1) is 0 Å². The summed E-state index contributed by atoms with van der Waals surface area (Å²) >= 11 is 1.83. The van der Waals surface area contributed by atoms with Gasteiger partial charge in [-0.05, 0) is 13.8 Å². The smallest absolute Gasteiger partial charge is 0.211 e. The molecule has 0 unspecified atom stereocenters. The van der Waals surface area contributed by atoms with E-state index in [-0.39, 0.29) is 4.75 Å². The highest BCUT2D eigenvalue weighted by atomic mass is 32.2. The first-order chi connectivity index (χ1) is 5.31. The lowest BCUT2D eigenvalue weighted by Crippen LogP contribution is -2.45. The van der Waals surface area contributed by atoms with Crippen LogP contribution >= 0.6 is 11.8 Å². The third-order valence-electron chi connectivity index (χ3n) is 1.86. The van der Waals surface area contributed by atoms with Gasteiger partial charge in [-0.25, -0.2) is 8.42 Å². The Morgan fingerprint density at radius 2 is 2.00 bits per heavy atom. The molecule has 0 aromatic heterocycles. The molecular weight excluding hydrogens is 194 g/mol. The highest BCUT2D eigenvalue weighted by molar-refractivity contribution is 8.00. The Morgan fingerprint density at radius 1 is 1.42 bits per heavy atom. The molecule has 1 aliphatic heterocycles. The molecule has 0 radical (unpaired) electrons. The zero-order valence-electron chi connectivity index (χ0n) is 7.70. The van der Waals surface area contributed by atoms with E-state index in [4.69, 9.17) is 0 Å². The van der Waals surface area contributed by atoms with Crippen molar-refractivity contribution in [2.24, 2.45) is 0 Å². The highest BCUT2D eigenvalue weighted by Gasteiger charge is 2.31. The second-order valence-corrected chi connectivity index (χ2v) is 7.49. The van der Waals surface area contributed by atoms with Crippen molar-refractivity contribution in [1.82, 2.24) is 4.31 Å². The van der Waals surface area contributed by atoms with E-state index in [1.807, 2.05) is 11.8 Å². The Labute approximate surface area is 78.6 Å². The van der Waals surface area contributed by atoms with E-state index in [1.54, 1.807) is 4.31 Å². The summed E-state index contributed by atoms with van der Waals surface area (Å²) in [7, 11) is -2.98. The average molecular weight is 209 g/mol. The maximum Gasteiger partial charge on any atom is 0.211 e. The van der Waals surface area contributed by atoms with E-state index >= 15 is 0 Å². The molecule has 0 saturated carbocycles. The van der Waals surface area contributed by atoms with Crippen molar-refractivity contribution in [3.8, 4) is 0 Å². The second-order valence-electron chi connectivity index (χ2n) is 3.70. The Bertz CT molecular complexity index is 259. The molecule has 3 nitrogen and oxygen atoms in total. The van der Waals surface area contributed by atoms with Gasteiger partial charge in [0.1, 0.15) is 0 Å². The van der Waals surface area contributed by atoms with Crippen LogP contribution in [0.5, 0.6) is 0 Å². The number of hydrogen-bond acceptors (Lipinski definition) is 3. The molecule has 0 N–H and O–H groups in total. The summed E-state index contributed by atoms with van der Waals surface area (Å²) in [6.07, 6.45) is 1.28. The normalized spacial score (nSPS) is 25.6. The van der Waals surface area contributed by atoms with Gasteiger partial charge in [0.25, 0.3) is 0 Å². The van der Waals surface area contributed by atoms with Crippen LogP contribution in [-0.4, -0.2) is 42.6 Å². The first-order valence-corrected chi connectivity index (χ1v) is 6.74. The van der Waals surface area contributed by atoms with Crippen molar-refractivity contribution in [2.75, 3.05) is 25.1 Å². The summed E-state index contributed by atoms with van der Waals surface area (Å²) in [4.78, 5) is 0. The van der Waals surface area contributed by atoms with Crippen LogP contribution in [-0.2, 0) is 10.0 Å². The van der Waals surface area contributed by atoms with Gasteiger partial charge in [0.15, 0.2) is 0 Å². The third-order valence-corrected chi connectivity index (χ3v) is 4.41. The molecule has 1 fully saturated rings. The predicted octanol–water partition coefficient (Wildman–Crippen LogP) is 0.773.